The van der Waals surface area contributed by atoms with Gasteiger partial charge in [0, 0.05) is 12.2 Å². The van der Waals surface area contributed by atoms with E-state index < -0.39 is 11.9 Å². The van der Waals surface area contributed by atoms with E-state index in [4.69, 9.17) is 4.74 Å². The number of hydrogen-bond acceptors (Lipinski definition) is 4. The highest BCUT2D eigenvalue weighted by atomic mass is 16.5. The maximum atomic E-state index is 11.1. The van der Waals surface area contributed by atoms with Crippen molar-refractivity contribution in [2.24, 2.45) is 5.92 Å². The second-order valence-corrected chi connectivity index (χ2v) is 9.25. The first-order valence-electron chi connectivity index (χ1n) is 12.3. The molecule has 4 nitrogen and oxygen atoms in total. The molecule has 0 saturated carbocycles. The highest BCUT2D eigenvalue weighted by molar-refractivity contribution is 5.68. The first-order valence-corrected chi connectivity index (χ1v) is 12.3. The zero-order valence-corrected chi connectivity index (χ0v) is 20.6. The van der Waals surface area contributed by atoms with E-state index in [-0.39, 0.29) is 0 Å². The van der Waals surface area contributed by atoms with Gasteiger partial charge < -0.3 is 20.1 Å². The number of aliphatic hydroxyl groups excluding tert-OH is 1. The van der Waals surface area contributed by atoms with E-state index in [1.807, 2.05) is 32.0 Å². The maximum absolute atomic E-state index is 11.1. The average Bonchev–Trinajstić information content (AvgIpc) is 2.86. The third kappa shape index (κ3) is 6.77. The summed E-state index contributed by atoms with van der Waals surface area (Å²) < 4.78 is 5.89. The summed E-state index contributed by atoms with van der Waals surface area (Å²) in [7, 11) is 0. The van der Waals surface area contributed by atoms with Crippen molar-refractivity contribution in [3.8, 4) is 11.1 Å². The van der Waals surface area contributed by atoms with Crippen LogP contribution in [-0.2, 0) is 23.4 Å². The lowest BCUT2D eigenvalue weighted by Crippen LogP contribution is -2.23. The van der Waals surface area contributed by atoms with Crippen molar-refractivity contribution in [3.63, 3.8) is 0 Å². The standard InChI is InChI=1S/C30H38O4/c1-4-30(33,5-2)27-14-15-28(24-11-7-6-8-12-24)26(20-27)18-22(3)16-17-34-21-23-10-9-13-25(19-23)29(31)32/h6-15,19-20,22,29,31-33H,4-5,16-18,21H2,1-3H3. The monoisotopic (exact) mass is 462 g/mol. The predicted octanol–water partition coefficient (Wildman–Crippen LogP) is 6.13. The summed E-state index contributed by atoms with van der Waals surface area (Å²) >= 11 is 0. The summed E-state index contributed by atoms with van der Waals surface area (Å²) in [5.41, 5.74) is 5.24. The average molecular weight is 463 g/mol. The Morgan fingerprint density at radius 3 is 2.29 bits per heavy atom. The smallest absolute Gasteiger partial charge is 0.178 e. The molecule has 34 heavy (non-hydrogen) atoms. The minimum absolute atomic E-state index is 0.402. The van der Waals surface area contributed by atoms with Crippen LogP contribution in [0.25, 0.3) is 11.1 Å². The van der Waals surface area contributed by atoms with E-state index >= 15 is 0 Å². The number of hydrogen-bond donors (Lipinski definition) is 3. The van der Waals surface area contributed by atoms with Crippen molar-refractivity contribution in [1.29, 1.82) is 0 Å². The van der Waals surface area contributed by atoms with Gasteiger partial charge in [-0.2, -0.15) is 0 Å². The minimum atomic E-state index is -1.47. The van der Waals surface area contributed by atoms with E-state index in [1.165, 1.54) is 16.7 Å². The second kappa shape index (κ2) is 12.3. The quantitative estimate of drug-likeness (QED) is 0.224. The van der Waals surface area contributed by atoms with E-state index in [0.717, 1.165) is 24.0 Å². The van der Waals surface area contributed by atoms with Crippen LogP contribution in [0.5, 0.6) is 0 Å². The molecule has 1 unspecified atom stereocenters. The minimum Gasteiger partial charge on any atom is -0.385 e. The zero-order chi connectivity index (χ0) is 24.6. The van der Waals surface area contributed by atoms with Crippen molar-refractivity contribution in [1.82, 2.24) is 0 Å². The molecule has 3 aromatic rings. The van der Waals surface area contributed by atoms with Crippen LogP contribution in [0.15, 0.2) is 72.8 Å². The lowest BCUT2D eigenvalue weighted by atomic mass is 9.83. The molecule has 0 fully saturated rings. The molecule has 0 saturated heterocycles. The van der Waals surface area contributed by atoms with E-state index in [0.29, 0.717) is 37.5 Å². The molecule has 1 atom stereocenters. The van der Waals surface area contributed by atoms with Gasteiger partial charge in [-0.25, -0.2) is 0 Å². The van der Waals surface area contributed by atoms with E-state index in [9.17, 15) is 15.3 Å². The Balaban J connectivity index is 1.68. The Morgan fingerprint density at radius 1 is 0.882 bits per heavy atom. The van der Waals surface area contributed by atoms with Crippen LogP contribution < -0.4 is 0 Å². The van der Waals surface area contributed by atoms with Gasteiger partial charge in [0.15, 0.2) is 6.29 Å². The summed E-state index contributed by atoms with van der Waals surface area (Å²) in [4.78, 5) is 0. The molecule has 4 heteroatoms. The van der Waals surface area contributed by atoms with Gasteiger partial charge >= 0.3 is 0 Å². The van der Waals surface area contributed by atoms with Gasteiger partial charge in [-0.15, -0.1) is 0 Å². The van der Waals surface area contributed by atoms with Crippen LogP contribution in [-0.4, -0.2) is 21.9 Å². The van der Waals surface area contributed by atoms with Crippen molar-refractivity contribution in [3.05, 3.63) is 95.1 Å². The molecule has 0 radical (unpaired) electrons. The molecular formula is C30H38O4. The summed E-state index contributed by atoms with van der Waals surface area (Å²) in [6, 6.07) is 24.0. The van der Waals surface area contributed by atoms with Gasteiger partial charge in [0.05, 0.1) is 12.2 Å². The Morgan fingerprint density at radius 2 is 1.62 bits per heavy atom. The normalized spacial score (nSPS) is 12.8. The van der Waals surface area contributed by atoms with Gasteiger partial charge in [0.2, 0.25) is 0 Å². The molecule has 0 aliphatic rings. The fraction of sp³-hybridized carbons (Fsp3) is 0.400. The molecule has 3 N–H and O–H groups in total. The third-order valence-corrected chi connectivity index (χ3v) is 6.74. The van der Waals surface area contributed by atoms with Crippen molar-refractivity contribution in [2.45, 2.75) is 65.0 Å². The topological polar surface area (TPSA) is 69.9 Å². The van der Waals surface area contributed by atoms with Gasteiger partial charge in [0.1, 0.15) is 0 Å². The summed E-state index contributed by atoms with van der Waals surface area (Å²) in [6.45, 7) is 7.37. The Labute approximate surface area is 203 Å². The van der Waals surface area contributed by atoms with Crippen molar-refractivity contribution >= 4 is 0 Å². The molecule has 0 aliphatic carbocycles. The molecule has 0 aliphatic heterocycles. The van der Waals surface area contributed by atoms with Crippen molar-refractivity contribution < 1.29 is 20.1 Å². The maximum Gasteiger partial charge on any atom is 0.178 e. The van der Waals surface area contributed by atoms with Crippen LogP contribution in [0.3, 0.4) is 0 Å². The molecular weight excluding hydrogens is 424 g/mol. The molecule has 3 aromatic carbocycles. The summed E-state index contributed by atoms with van der Waals surface area (Å²) in [5.74, 6) is 0.402. The first-order chi connectivity index (χ1) is 16.4. The van der Waals surface area contributed by atoms with Gasteiger partial charge in [-0.1, -0.05) is 87.5 Å². The van der Waals surface area contributed by atoms with Crippen LogP contribution in [0, 0.1) is 5.92 Å². The summed E-state index contributed by atoms with van der Waals surface area (Å²) in [5, 5.41) is 29.8. The molecule has 3 rings (SSSR count). The summed E-state index contributed by atoms with van der Waals surface area (Å²) in [6.07, 6.45) is 1.72. The Hall–Kier alpha value is -2.50. The number of benzene rings is 3. The number of aliphatic hydroxyl groups is 3. The molecule has 0 aromatic heterocycles. The largest absolute Gasteiger partial charge is 0.385 e. The predicted molar refractivity (Wildman–Crippen MR) is 137 cm³/mol. The lowest BCUT2D eigenvalue weighted by molar-refractivity contribution is -0.0426. The van der Waals surface area contributed by atoms with Crippen molar-refractivity contribution in [2.75, 3.05) is 6.61 Å². The van der Waals surface area contributed by atoms with Crippen LogP contribution in [0.1, 0.15) is 68.6 Å². The fourth-order valence-corrected chi connectivity index (χ4v) is 4.41. The van der Waals surface area contributed by atoms with Crippen LogP contribution in [0.2, 0.25) is 0 Å². The molecule has 0 heterocycles. The van der Waals surface area contributed by atoms with Crippen LogP contribution >= 0.6 is 0 Å². The molecule has 0 bridgehead atoms. The molecule has 0 amide bonds. The van der Waals surface area contributed by atoms with Gasteiger partial charge in [0.25, 0.3) is 0 Å². The SMILES string of the molecule is CCC(O)(CC)c1ccc(-c2ccccc2)c(CC(C)CCOCc2cccc(C(O)O)c2)c1. The van der Waals surface area contributed by atoms with Gasteiger partial charge in [-0.05, 0) is 65.5 Å². The molecule has 182 valence electrons. The fourth-order valence-electron chi connectivity index (χ4n) is 4.41. The number of ether oxygens (including phenoxy) is 1. The third-order valence-electron chi connectivity index (χ3n) is 6.74. The molecule has 0 spiro atoms. The van der Waals surface area contributed by atoms with Gasteiger partial charge in [-0.3, -0.25) is 0 Å². The van der Waals surface area contributed by atoms with Crippen LogP contribution in [0.4, 0.5) is 0 Å². The van der Waals surface area contributed by atoms with E-state index in [2.05, 4.69) is 49.4 Å². The van der Waals surface area contributed by atoms with E-state index in [1.54, 1.807) is 12.1 Å². The first kappa shape index (κ1) is 26.1. The second-order valence-electron chi connectivity index (χ2n) is 9.25. The highest BCUT2D eigenvalue weighted by Crippen LogP contribution is 2.34. The Bertz CT molecular complexity index is 1020. The Kier molecular flexibility index (Phi) is 9.43. The number of rotatable bonds is 12. The lowest BCUT2D eigenvalue weighted by Gasteiger charge is -2.27. The zero-order valence-electron chi connectivity index (χ0n) is 20.6. The highest BCUT2D eigenvalue weighted by Gasteiger charge is 2.26.